The van der Waals surface area contributed by atoms with Gasteiger partial charge in [-0.3, -0.25) is 9.78 Å². The van der Waals surface area contributed by atoms with Crippen molar-refractivity contribution in [2.45, 2.75) is 6.10 Å². The average molecular weight is 260 g/mol. The van der Waals surface area contributed by atoms with Gasteiger partial charge in [-0.25, -0.2) is 9.78 Å². The summed E-state index contributed by atoms with van der Waals surface area (Å²) < 4.78 is 4.28. The van der Waals surface area contributed by atoms with Crippen molar-refractivity contribution in [3.8, 4) is 0 Å². The van der Waals surface area contributed by atoms with Crippen LogP contribution in [0.4, 0.5) is 0 Å². The summed E-state index contributed by atoms with van der Waals surface area (Å²) in [6.45, 7) is -0.278. The zero-order valence-corrected chi connectivity index (χ0v) is 9.64. The second-order valence-electron chi connectivity index (χ2n) is 2.98. The van der Waals surface area contributed by atoms with E-state index in [9.17, 15) is 14.7 Å². The summed E-state index contributed by atoms with van der Waals surface area (Å²) >= 11 is 5.55. The molecule has 0 bridgehead atoms. The first kappa shape index (κ1) is 13.3. The van der Waals surface area contributed by atoms with Gasteiger partial charge in [0.1, 0.15) is 10.8 Å². The number of carbonyl (C=O) groups is 2. The van der Waals surface area contributed by atoms with Gasteiger partial charge in [0.25, 0.3) is 5.91 Å². The van der Waals surface area contributed by atoms with Gasteiger partial charge < -0.3 is 15.2 Å². The third-order valence-corrected chi connectivity index (χ3v) is 1.95. The molecule has 0 saturated carbocycles. The molecular formula is C9H10ClN3O4. The van der Waals surface area contributed by atoms with Crippen LogP contribution in [0, 0.1) is 0 Å². The number of methoxy groups -OCH3 is 1. The summed E-state index contributed by atoms with van der Waals surface area (Å²) in [4.78, 5) is 29.7. The molecule has 1 unspecified atom stereocenters. The number of hydrogen-bond acceptors (Lipinski definition) is 6. The smallest absolute Gasteiger partial charge is 0.336 e. The lowest BCUT2D eigenvalue weighted by Gasteiger charge is -2.09. The summed E-state index contributed by atoms with van der Waals surface area (Å²) in [7, 11) is 1.13. The van der Waals surface area contributed by atoms with Gasteiger partial charge in [-0.05, 0) is 0 Å². The highest BCUT2D eigenvalue weighted by molar-refractivity contribution is 6.29. The number of amides is 1. The molecule has 92 valence electrons. The molecule has 1 amide bonds. The molecule has 0 radical (unpaired) electrons. The Labute approximate surface area is 102 Å². The number of halogens is 1. The first-order valence-electron chi connectivity index (χ1n) is 4.56. The lowest BCUT2D eigenvalue weighted by atomic mass is 10.3. The van der Waals surface area contributed by atoms with Crippen LogP contribution in [-0.4, -0.2) is 46.7 Å². The van der Waals surface area contributed by atoms with E-state index in [0.29, 0.717) is 0 Å². The van der Waals surface area contributed by atoms with E-state index < -0.39 is 18.0 Å². The lowest BCUT2D eigenvalue weighted by Crippen LogP contribution is -2.37. The number of aliphatic hydroxyl groups excluding tert-OH is 1. The Morgan fingerprint density at radius 3 is 2.88 bits per heavy atom. The van der Waals surface area contributed by atoms with E-state index in [1.165, 1.54) is 12.4 Å². The standard InChI is InChI=1S/C9H10ClN3O4/c1-17-9(16)6(14)3-12-8(15)5-2-11-4-7(10)13-5/h2,4,6,14H,3H2,1H3,(H,12,15). The third kappa shape index (κ3) is 3.97. The molecule has 0 aromatic carbocycles. The molecule has 1 atom stereocenters. The fraction of sp³-hybridized carbons (Fsp3) is 0.333. The maximum Gasteiger partial charge on any atom is 0.336 e. The molecule has 0 fully saturated rings. The van der Waals surface area contributed by atoms with Gasteiger partial charge in [-0.1, -0.05) is 11.6 Å². The number of nitrogens with zero attached hydrogens (tertiary/aromatic N) is 2. The van der Waals surface area contributed by atoms with Crippen LogP contribution in [0.15, 0.2) is 12.4 Å². The van der Waals surface area contributed by atoms with Crippen molar-refractivity contribution in [1.29, 1.82) is 0 Å². The monoisotopic (exact) mass is 259 g/mol. The lowest BCUT2D eigenvalue weighted by molar-refractivity contribution is -0.149. The summed E-state index contributed by atoms with van der Waals surface area (Å²) in [6, 6.07) is 0. The summed E-state index contributed by atoms with van der Waals surface area (Å²) in [5.41, 5.74) is -0.00503. The Kier molecular flexibility index (Phi) is 4.80. The molecule has 1 aromatic heterocycles. The Balaban J connectivity index is 2.53. The predicted molar refractivity (Wildman–Crippen MR) is 57.4 cm³/mol. The second kappa shape index (κ2) is 6.12. The molecule has 7 nitrogen and oxygen atoms in total. The molecule has 0 aliphatic rings. The number of nitrogens with one attached hydrogen (secondary N) is 1. The Morgan fingerprint density at radius 2 is 2.29 bits per heavy atom. The van der Waals surface area contributed by atoms with Crippen molar-refractivity contribution in [3.05, 3.63) is 23.2 Å². The normalized spacial score (nSPS) is 11.7. The van der Waals surface area contributed by atoms with Crippen LogP contribution in [-0.2, 0) is 9.53 Å². The highest BCUT2D eigenvalue weighted by Crippen LogP contribution is 2.02. The van der Waals surface area contributed by atoms with Gasteiger partial charge >= 0.3 is 5.97 Å². The highest BCUT2D eigenvalue weighted by Gasteiger charge is 2.17. The average Bonchev–Trinajstić information content (AvgIpc) is 2.34. The maximum absolute atomic E-state index is 11.5. The summed E-state index contributed by atoms with van der Waals surface area (Å²) in [5, 5.41) is 11.6. The minimum absolute atomic E-state index is 0.00503. The van der Waals surface area contributed by atoms with Crippen molar-refractivity contribution >= 4 is 23.5 Å². The van der Waals surface area contributed by atoms with Gasteiger partial charge in [0.2, 0.25) is 0 Å². The van der Waals surface area contributed by atoms with Gasteiger partial charge in [0.15, 0.2) is 6.10 Å². The van der Waals surface area contributed by atoms with Crippen LogP contribution in [0.1, 0.15) is 10.5 Å². The van der Waals surface area contributed by atoms with Crippen molar-refractivity contribution in [2.75, 3.05) is 13.7 Å². The number of hydrogen-bond donors (Lipinski definition) is 2. The third-order valence-electron chi connectivity index (χ3n) is 1.77. The highest BCUT2D eigenvalue weighted by atomic mass is 35.5. The number of ether oxygens (including phenoxy) is 1. The van der Waals surface area contributed by atoms with Crippen LogP contribution in [0.25, 0.3) is 0 Å². The van der Waals surface area contributed by atoms with Crippen LogP contribution in [0.5, 0.6) is 0 Å². The van der Waals surface area contributed by atoms with E-state index in [4.69, 9.17) is 11.6 Å². The SMILES string of the molecule is COC(=O)C(O)CNC(=O)c1cncc(Cl)n1. The molecule has 0 aliphatic carbocycles. The minimum Gasteiger partial charge on any atom is -0.467 e. The topological polar surface area (TPSA) is 101 Å². The molecule has 0 aliphatic heterocycles. The number of aromatic nitrogens is 2. The molecule has 17 heavy (non-hydrogen) atoms. The van der Waals surface area contributed by atoms with Crippen LogP contribution < -0.4 is 5.32 Å². The Bertz CT molecular complexity index is 426. The molecule has 0 spiro atoms. The van der Waals surface area contributed by atoms with Gasteiger partial charge in [-0.2, -0.15) is 0 Å². The fourth-order valence-corrected chi connectivity index (χ4v) is 1.10. The van der Waals surface area contributed by atoms with E-state index in [-0.39, 0.29) is 17.4 Å². The maximum atomic E-state index is 11.5. The molecular weight excluding hydrogens is 250 g/mol. The molecule has 0 saturated heterocycles. The molecule has 2 N–H and O–H groups in total. The molecule has 1 aromatic rings. The van der Waals surface area contributed by atoms with Crippen molar-refractivity contribution < 1.29 is 19.4 Å². The number of rotatable bonds is 4. The van der Waals surface area contributed by atoms with Crippen LogP contribution >= 0.6 is 11.6 Å². The molecule has 1 heterocycles. The van der Waals surface area contributed by atoms with Gasteiger partial charge in [0, 0.05) is 0 Å². The first-order valence-corrected chi connectivity index (χ1v) is 4.94. The molecule has 8 heteroatoms. The minimum atomic E-state index is -1.42. The van der Waals surface area contributed by atoms with Gasteiger partial charge in [-0.15, -0.1) is 0 Å². The predicted octanol–water partition coefficient (Wildman–Crippen LogP) is -0.606. The van der Waals surface area contributed by atoms with Crippen molar-refractivity contribution in [1.82, 2.24) is 15.3 Å². The quantitative estimate of drug-likeness (QED) is 0.700. The zero-order valence-electron chi connectivity index (χ0n) is 8.88. The van der Waals surface area contributed by atoms with E-state index >= 15 is 0 Å². The largest absolute Gasteiger partial charge is 0.467 e. The first-order chi connectivity index (χ1) is 8.04. The fourth-order valence-electron chi connectivity index (χ4n) is 0.951. The molecule has 1 rings (SSSR count). The van der Waals surface area contributed by atoms with Crippen LogP contribution in [0.2, 0.25) is 5.15 Å². The van der Waals surface area contributed by atoms with E-state index in [0.717, 1.165) is 7.11 Å². The summed E-state index contributed by atoms with van der Waals surface area (Å²) in [6.07, 6.45) is 1.07. The second-order valence-corrected chi connectivity index (χ2v) is 3.36. The van der Waals surface area contributed by atoms with Crippen molar-refractivity contribution in [3.63, 3.8) is 0 Å². The number of esters is 1. The van der Waals surface area contributed by atoms with E-state index in [1.54, 1.807) is 0 Å². The van der Waals surface area contributed by atoms with E-state index in [2.05, 4.69) is 20.0 Å². The van der Waals surface area contributed by atoms with Crippen LogP contribution in [0.3, 0.4) is 0 Å². The zero-order chi connectivity index (χ0) is 12.8. The van der Waals surface area contributed by atoms with Gasteiger partial charge in [0.05, 0.1) is 26.0 Å². The summed E-state index contributed by atoms with van der Waals surface area (Å²) in [5.74, 6) is -1.43. The van der Waals surface area contributed by atoms with Crippen molar-refractivity contribution in [2.24, 2.45) is 0 Å². The Morgan fingerprint density at radius 1 is 1.59 bits per heavy atom. The number of carbonyl (C=O) groups excluding carboxylic acids is 2. The Hall–Kier alpha value is -1.73. The number of aliphatic hydroxyl groups is 1. The van der Waals surface area contributed by atoms with E-state index in [1.807, 2.05) is 0 Å².